The number of carbonyl (C=O) groups is 3. The lowest BCUT2D eigenvalue weighted by molar-refractivity contribution is -0.122. The monoisotopic (exact) mass is 638 g/mol. The van der Waals surface area contributed by atoms with E-state index in [1.165, 1.54) is 6.08 Å². The minimum atomic E-state index is -0.797. The number of hydrogen-bond acceptors (Lipinski definition) is 4. The van der Waals surface area contributed by atoms with Gasteiger partial charge in [0.15, 0.2) is 0 Å². The van der Waals surface area contributed by atoms with Crippen LogP contribution in [-0.2, 0) is 9.59 Å². The summed E-state index contributed by atoms with van der Waals surface area (Å²) in [4.78, 5) is 38.0. The lowest BCUT2D eigenvalue weighted by Crippen LogP contribution is -2.54. The number of phenols is 1. The van der Waals surface area contributed by atoms with E-state index in [4.69, 9.17) is 0 Å². The van der Waals surface area contributed by atoms with Crippen molar-refractivity contribution < 1.29 is 19.5 Å². The van der Waals surface area contributed by atoms with Crippen LogP contribution in [0.2, 0.25) is 0 Å². The molecule has 0 spiro atoms. The zero-order valence-corrected chi connectivity index (χ0v) is 18.7. The summed E-state index contributed by atoms with van der Waals surface area (Å²) in [5.41, 5.74) is 0.758. The van der Waals surface area contributed by atoms with E-state index in [9.17, 15) is 19.5 Å². The van der Waals surface area contributed by atoms with Crippen LogP contribution in [0.25, 0.3) is 6.08 Å². The van der Waals surface area contributed by atoms with Gasteiger partial charge in [-0.3, -0.25) is 14.9 Å². The van der Waals surface area contributed by atoms with Crippen LogP contribution < -0.4 is 10.2 Å². The Kier molecular flexibility index (Phi) is 5.67. The standard InChI is InChI=1S/C17H9BrI2N2O4/c18-9-1-3-10(4-2-9)22-16(25)11(15(24)21-17(22)26)5-8-6-12(19)14(23)13(20)7-8/h1-7,23H,(H,21,24,26)/b11-5-. The van der Waals surface area contributed by atoms with E-state index in [1.807, 2.05) is 45.2 Å². The quantitative estimate of drug-likeness (QED) is 0.296. The normalized spacial score (nSPS) is 16.2. The molecule has 2 aromatic carbocycles. The molecular formula is C17H9BrI2N2O4. The number of benzene rings is 2. The molecule has 1 heterocycles. The lowest BCUT2D eigenvalue weighted by Gasteiger charge is -2.26. The highest BCUT2D eigenvalue weighted by Crippen LogP contribution is 2.29. The number of urea groups is 1. The second-order valence-electron chi connectivity index (χ2n) is 5.27. The molecule has 1 aliphatic rings. The Morgan fingerprint density at radius 1 is 1.04 bits per heavy atom. The Labute approximate surface area is 184 Å². The van der Waals surface area contributed by atoms with E-state index in [-0.39, 0.29) is 11.3 Å². The maximum Gasteiger partial charge on any atom is 0.335 e. The second kappa shape index (κ2) is 7.64. The third kappa shape index (κ3) is 3.78. The molecule has 3 rings (SSSR count). The van der Waals surface area contributed by atoms with Crippen molar-refractivity contribution in [2.75, 3.05) is 4.90 Å². The third-order valence-corrected chi connectivity index (χ3v) is 5.71. The Balaban J connectivity index is 2.04. The molecule has 0 bridgehead atoms. The van der Waals surface area contributed by atoms with Gasteiger partial charge in [0.2, 0.25) is 0 Å². The van der Waals surface area contributed by atoms with E-state index in [0.29, 0.717) is 18.4 Å². The molecule has 1 saturated heterocycles. The van der Waals surface area contributed by atoms with Crippen molar-refractivity contribution in [1.29, 1.82) is 0 Å². The number of halogens is 3. The summed E-state index contributed by atoms with van der Waals surface area (Å²) >= 11 is 7.22. The van der Waals surface area contributed by atoms with Crippen LogP contribution in [0.1, 0.15) is 5.56 Å². The van der Waals surface area contributed by atoms with Crippen molar-refractivity contribution in [3.8, 4) is 5.75 Å². The minimum absolute atomic E-state index is 0.138. The van der Waals surface area contributed by atoms with Crippen molar-refractivity contribution >= 4 is 90.7 Å². The fourth-order valence-electron chi connectivity index (χ4n) is 2.32. The smallest absolute Gasteiger partial charge is 0.335 e. The number of amides is 4. The Morgan fingerprint density at radius 2 is 1.62 bits per heavy atom. The van der Waals surface area contributed by atoms with Crippen LogP contribution in [-0.4, -0.2) is 23.0 Å². The summed E-state index contributed by atoms with van der Waals surface area (Å²) < 4.78 is 1.97. The van der Waals surface area contributed by atoms with Crippen LogP contribution in [0, 0.1) is 7.14 Å². The number of carbonyl (C=O) groups excluding carboxylic acids is 3. The van der Waals surface area contributed by atoms with Gasteiger partial charge in [0.25, 0.3) is 11.8 Å². The minimum Gasteiger partial charge on any atom is -0.506 e. The number of nitrogens with one attached hydrogen (secondary N) is 1. The molecular weight excluding hydrogens is 630 g/mol. The number of barbiturate groups is 1. The average molecular weight is 639 g/mol. The van der Waals surface area contributed by atoms with Crippen molar-refractivity contribution in [2.45, 2.75) is 0 Å². The number of nitrogens with zero attached hydrogens (tertiary/aromatic N) is 1. The maximum atomic E-state index is 12.8. The first kappa shape index (κ1) is 19.3. The first-order chi connectivity index (χ1) is 12.3. The zero-order chi connectivity index (χ0) is 19.0. The van der Waals surface area contributed by atoms with E-state index in [2.05, 4.69) is 21.2 Å². The lowest BCUT2D eigenvalue weighted by atomic mass is 10.1. The Morgan fingerprint density at radius 3 is 2.19 bits per heavy atom. The predicted molar refractivity (Wildman–Crippen MR) is 117 cm³/mol. The molecule has 0 radical (unpaired) electrons. The van der Waals surface area contributed by atoms with Crippen molar-refractivity contribution in [3.63, 3.8) is 0 Å². The number of aromatic hydroxyl groups is 1. The van der Waals surface area contributed by atoms with Gasteiger partial charge >= 0.3 is 6.03 Å². The van der Waals surface area contributed by atoms with Gasteiger partial charge in [0.1, 0.15) is 11.3 Å². The van der Waals surface area contributed by atoms with E-state index in [1.54, 1.807) is 36.4 Å². The van der Waals surface area contributed by atoms with E-state index in [0.717, 1.165) is 9.37 Å². The molecule has 2 aromatic rings. The van der Waals surface area contributed by atoms with Gasteiger partial charge < -0.3 is 5.11 Å². The highest BCUT2D eigenvalue weighted by molar-refractivity contribution is 14.1. The van der Waals surface area contributed by atoms with E-state index < -0.39 is 17.8 Å². The highest BCUT2D eigenvalue weighted by atomic mass is 127. The van der Waals surface area contributed by atoms with Gasteiger partial charge in [-0.25, -0.2) is 9.69 Å². The third-order valence-electron chi connectivity index (χ3n) is 3.54. The van der Waals surface area contributed by atoms with Gasteiger partial charge in [-0.15, -0.1) is 0 Å². The molecule has 1 fully saturated rings. The summed E-state index contributed by atoms with van der Waals surface area (Å²) in [6.45, 7) is 0. The predicted octanol–water partition coefficient (Wildman–Crippen LogP) is 4.03. The van der Waals surface area contributed by atoms with Crippen LogP contribution in [0.3, 0.4) is 0 Å². The largest absolute Gasteiger partial charge is 0.506 e. The van der Waals surface area contributed by atoms with Gasteiger partial charge in [-0.1, -0.05) is 15.9 Å². The Hall–Kier alpha value is -1.47. The molecule has 0 saturated carbocycles. The molecule has 4 amide bonds. The molecule has 0 unspecified atom stereocenters. The topological polar surface area (TPSA) is 86.7 Å². The Bertz CT molecular complexity index is 950. The van der Waals surface area contributed by atoms with Crippen LogP contribution >= 0.6 is 61.1 Å². The van der Waals surface area contributed by atoms with Gasteiger partial charge in [0, 0.05) is 4.47 Å². The summed E-state index contributed by atoms with van der Waals surface area (Å²) in [5, 5.41) is 12.0. The van der Waals surface area contributed by atoms with Crippen LogP contribution in [0.5, 0.6) is 5.75 Å². The van der Waals surface area contributed by atoms with Crippen molar-refractivity contribution in [2.24, 2.45) is 0 Å². The molecule has 0 aromatic heterocycles. The second-order valence-corrected chi connectivity index (χ2v) is 8.51. The molecule has 0 atom stereocenters. The molecule has 9 heteroatoms. The molecule has 0 aliphatic carbocycles. The highest BCUT2D eigenvalue weighted by Gasteiger charge is 2.36. The van der Waals surface area contributed by atoms with Gasteiger partial charge in [-0.2, -0.15) is 0 Å². The fraction of sp³-hybridized carbons (Fsp3) is 0. The van der Waals surface area contributed by atoms with Crippen molar-refractivity contribution in [3.05, 3.63) is 59.1 Å². The molecule has 6 nitrogen and oxygen atoms in total. The number of anilines is 1. The number of phenolic OH excluding ortho intramolecular Hbond substituents is 1. The molecule has 26 heavy (non-hydrogen) atoms. The fourth-order valence-corrected chi connectivity index (χ4v) is 4.40. The average Bonchev–Trinajstić information content (AvgIpc) is 2.58. The van der Waals surface area contributed by atoms with Crippen LogP contribution in [0.4, 0.5) is 10.5 Å². The summed E-state index contributed by atoms with van der Waals surface area (Å²) in [6.07, 6.45) is 1.40. The van der Waals surface area contributed by atoms with Crippen molar-refractivity contribution in [1.82, 2.24) is 5.32 Å². The van der Waals surface area contributed by atoms with Crippen LogP contribution in [0.15, 0.2) is 46.4 Å². The first-order valence-electron chi connectivity index (χ1n) is 7.13. The number of rotatable bonds is 2. The number of hydrogen-bond donors (Lipinski definition) is 2. The summed E-state index contributed by atoms with van der Waals surface area (Å²) in [6, 6.07) is 9.08. The molecule has 2 N–H and O–H groups in total. The SMILES string of the molecule is O=C1NC(=O)N(c2ccc(Br)cc2)C(=O)/C1=C\c1cc(I)c(O)c(I)c1. The number of imide groups is 2. The first-order valence-corrected chi connectivity index (χ1v) is 10.1. The van der Waals surface area contributed by atoms with Gasteiger partial charge in [-0.05, 0) is 93.2 Å². The zero-order valence-electron chi connectivity index (χ0n) is 12.8. The summed E-state index contributed by atoms with van der Waals surface area (Å²) in [7, 11) is 0. The molecule has 132 valence electrons. The van der Waals surface area contributed by atoms with E-state index >= 15 is 0 Å². The maximum absolute atomic E-state index is 12.8. The van der Waals surface area contributed by atoms with Gasteiger partial charge in [0.05, 0.1) is 12.8 Å². The molecule has 1 aliphatic heterocycles. The summed E-state index contributed by atoms with van der Waals surface area (Å²) in [5.74, 6) is -1.33.